The van der Waals surface area contributed by atoms with Crippen molar-refractivity contribution in [2.75, 3.05) is 0 Å². The molecule has 0 aliphatic carbocycles. The van der Waals surface area contributed by atoms with E-state index in [0.29, 0.717) is 6.54 Å². The van der Waals surface area contributed by atoms with Crippen molar-refractivity contribution in [1.29, 1.82) is 0 Å². The summed E-state index contributed by atoms with van der Waals surface area (Å²) in [4.78, 5) is 15.5. The maximum absolute atomic E-state index is 11.7. The molecular formula is C12H11Cl2N3O. The maximum Gasteiger partial charge on any atom is 0.240 e. The smallest absolute Gasteiger partial charge is 0.240 e. The first-order valence-electron chi connectivity index (χ1n) is 5.33. The van der Waals surface area contributed by atoms with Gasteiger partial charge in [-0.05, 0) is 5.56 Å². The lowest BCUT2D eigenvalue weighted by atomic mass is 10.2. The van der Waals surface area contributed by atoms with Crippen LogP contribution in [0.4, 0.5) is 0 Å². The molecule has 6 heteroatoms. The Labute approximate surface area is 115 Å². The molecule has 2 rings (SSSR count). The van der Waals surface area contributed by atoms with Gasteiger partial charge in [0.15, 0.2) is 5.15 Å². The van der Waals surface area contributed by atoms with Gasteiger partial charge in [0.25, 0.3) is 0 Å². The van der Waals surface area contributed by atoms with Gasteiger partial charge < -0.3 is 9.88 Å². The van der Waals surface area contributed by atoms with Crippen LogP contribution in [-0.4, -0.2) is 15.5 Å². The molecule has 18 heavy (non-hydrogen) atoms. The fourth-order valence-corrected chi connectivity index (χ4v) is 1.76. The highest BCUT2D eigenvalue weighted by Crippen LogP contribution is 2.18. The summed E-state index contributed by atoms with van der Waals surface area (Å²) in [6, 6.07) is 9.67. The summed E-state index contributed by atoms with van der Waals surface area (Å²) in [7, 11) is 0. The molecule has 2 aromatic rings. The second-order valence-electron chi connectivity index (χ2n) is 3.72. The lowest BCUT2D eigenvalue weighted by Crippen LogP contribution is -2.26. The van der Waals surface area contributed by atoms with E-state index in [9.17, 15) is 4.79 Å². The third kappa shape index (κ3) is 3.24. The first-order chi connectivity index (χ1) is 8.66. The lowest BCUT2D eigenvalue weighted by molar-refractivity contribution is -0.121. The second kappa shape index (κ2) is 5.89. The van der Waals surface area contributed by atoms with Crippen LogP contribution in [-0.2, 0) is 17.9 Å². The van der Waals surface area contributed by atoms with Crippen LogP contribution in [0.5, 0.6) is 0 Å². The van der Waals surface area contributed by atoms with Crippen LogP contribution < -0.4 is 5.32 Å². The molecule has 0 spiro atoms. The number of hydrogen-bond donors (Lipinski definition) is 1. The molecule has 0 saturated heterocycles. The minimum atomic E-state index is -0.144. The van der Waals surface area contributed by atoms with Crippen LogP contribution >= 0.6 is 23.2 Å². The van der Waals surface area contributed by atoms with Crippen LogP contribution in [0.15, 0.2) is 36.7 Å². The number of halogens is 2. The average molecular weight is 284 g/mol. The van der Waals surface area contributed by atoms with Gasteiger partial charge in [-0.3, -0.25) is 4.79 Å². The first kappa shape index (κ1) is 12.9. The van der Waals surface area contributed by atoms with Gasteiger partial charge in [0.2, 0.25) is 5.91 Å². The van der Waals surface area contributed by atoms with E-state index in [1.165, 1.54) is 10.9 Å². The van der Waals surface area contributed by atoms with Crippen molar-refractivity contribution in [3.05, 3.63) is 52.5 Å². The highest BCUT2D eigenvalue weighted by Gasteiger charge is 2.09. The fraction of sp³-hybridized carbons (Fsp3) is 0.167. The van der Waals surface area contributed by atoms with Gasteiger partial charge >= 0.3 is 0 Å². The number of hydrogen-bond acceptors (Lipinski definition) is 2. The number of aromatic nitrogens is 2. The molecule has 0 unspecified atom stereocenters. The lowest BCUT2D eigenvalue weighted by Gasteiger charge is -2.06. The Balaban J connectivity index is 1.88. The number of carbonyl (C=O) groups is 1. The number of nitrogens with zero attached hydrogens (tertiary/aromatic N) is 2. The molecule has 1 N–H and O–H groups in total. The Bertz CT molecular complexity index is 540. The zero-order valence-corrected chi connectivity index (χ0v) is 10.9. The molecule has 0 aliphatic rings. The highest BCUT2D eigenvalue weighted by molar-refractivity contribution is 6.40. The van der Waals surface area contributed by atoms with Crippen LogP contribution in [0, 0.1) is 0 Å². The molecule has 0 bridgehead atoms. The SMILES string of the molecule is O=C(Cn1cnc(Cl)c1Cl)NCc1ccccc1. The van der Waals surface area contributed by atoms with Gasteiger partial charge in [0.05, 0.1) is 6.33 Å². The summed E-state index contributed by atoms with van der Waals surface area (Å²) in [5, 5.41) is 3.27. The van der Waals surface area contributed by atoms with Gasteiger partial charge in [-0.1, -0.05) is 53.5 Å². The van der Waals surface area contributed by atoms with Gasteiger partial charge in [-0.25, -0.2) is 4.98 Å². The first-order valence-corrected chi connectivity index (χ1v) is 6.09. The Kier molecular flexibility index (Phi) is 4.23. The summed E-state index contributed by atoms with van der Waals surface area (Å²) in [5.41, 5.74) is 1.04. The van der Waals surface area contributed by atoms with E-state index >= 15 is 0 Å². The number of nitrogens with one attached hydrogen (secondary N) is 1. The van der Waals surface area contributed by atoms with Gasteiger partial charge in [-0.15, -0.1) is 0 Å². The van der Waals surface area contributed by atoms with Crippen molar-refractivity contribution in [3.8, 4) is 0 Å². The molecule has 0 fully saturated rings. The second-order valence-corrected chi connectivity index (χ2v) is 4.43. The van der Waals surface area contributed by atoms with Crippen molar-refractivity contribution in [2.45, 2.75) is 13.1 Å². The van der Waals surface area contributed by atoms with Crippen molar-refractivity contribution >= 4 is 29.1 Å². The Morgan fingerprint density at radius 3 is 2.61 bits per heavy atom. The minimum Gasteiger partial charge on any atom is -0.350 e. The highest BCUT2D eigenvalue weighted by atomic mass is 35.5. The summed E-state index contributed by atoms with van der Waals surface area (Å²) >= 11 is 11.5. The normalized spacial score (nSPS) is 10.3. The van der Waals surface area contributed by atoms with Crippen LogP contribution in [0.25, 0.3) is 0 Å². The Morgan fingerprint density at radius 2 is 2.00 bits per heavy atom. The fourth-order valence-electron chi connectivity index (χ4n) is 1.46. The van der Waals surface area contributed by atoms with Gasteiger partial charge in [0, 0.05) is 6.54 Å². The van der Waals surface area contributed by atoms with Crippen molar-refractivity contribution < 1.29 is 4.79 Å². The van der Waals surface area contributed by atoms with Crippen molar-refractivity contribution in [1.82, 2.24) is 14.9 Å². The summed E-state index contributed by atoms with van der Waals surface area (Å²) in [6.45, 7) is 0.588. The molecule has 4 nitrogen and oxygen atoms in total. The predicted molar refractivity (Wildman–Crippen MR) is 70.5 cm³/mol. The van der Waals surface area contributed by atoms with E-state index in [-0.39, 0.29) is 22.8 Å². The Morgan fingerprint density at radius 1 is 1.28 bits per heavy atom. The molecule has 0 radical (unpaired) electrons. The van der Waals surface area contributed by atoms with E-state index in [0.717, 1.165) is 5.56 Å². The summed E-state index contributed by atoms with van der Waals surface area (Å²) < 4.78 is 1.49. The number of imidazole rings is 1. The molecule has 0 atom stereocenters. The minimum absolute atomic E-state index is 0.103. The topological polar surface area (TPSA) is 46.9 Å². The average Bonchev–Trinajstić information content (AvgIpc) is 2.70. The number of rotatable bonds is 4. The van der Waals surface area contributed by atoms with E-state index in [1.54, 1.807) is 0 Å². The van der Waals surface area contributed by atoms with Gasteiger partial charge in [-0.2, -0.15) is 0 Å². The summed E-state index contributed by atoms with van der Waals surface area (Å²) in [6.07, 6.45) is 1.44. The molecule has 0 aliphatic heterocycles. The molecule has 1 heterocycles. The van der Waals surface area contributed by atoms with Crippen molar-refractivity contribution in [3.63, 3.8) is 0 Å². The molecule has 1 aromatic carbocycles. The van der Waals surface area contributed by atoms with Crippen LogP contribution in [0.3, 0.4) is 0 Å². The van der Waals surface area contributed by atoms with Crippen molar-refractivity contribution in [2.24, 2.45) is 0 Å². The molecule has 1 aromatic heterocycles. The monoisotopic (exact) mass is 283 g/mol. The van der Waals surface area contributed by atoms with E-state index < -0.39 is 0 Å². The van der Waals surface area contributed by atoms with E-state index in [2.05, 4.69) is 10.3 Å². The molecule has 94 valence electrons. The van der Waals surface area contributed by atoms with Crippen LogP contribution in [0.2, 0.25) is 10.3 Å². The molecule has 0 saturated carbocycles. The zero-order valence-electron chi connectivity index (χ0n) is 9.44. The number of amides is 1. The maximum atomic E-state index is 11.7. The number of benzene rings is 1. The van der Waals surface area contributed by atoms with E-state index in [4.69, 9.17) is 23.2 Å². The largest absolute Gasteiger partial charge is 0.350 e. The molecule has 1 amide bonds. The predicted octanol–water partition coefficient (Wildman–Crippen LogP) is 2.51. The van der Waals surface area contributed by atoms with Gasteiger partial charge in [0.1, 0.15) is 11.7 Å². The third-order valence-electron chi connectivity index (χ3n) is 2.38. The Hall–Kier alpha value is -1.52. The molecular weight excluding hydrogens is 273 g/mol. The number of carbonyl (C=O) groups excluding carboxylic acids is 1. The standard InChI is InChI=1S/C12H11Cl2N3O/c13-11-12(14)17(8-16-11)7-10(18)15-6-9-4-2-1-3-5-9/h1-5,8H,6-7H2,(H,15,18). The van der Waals surface area contributed by atoms with E-state index in [1.807, 2.05) is 30.3 Å². The van der Waals surface area contributed by atoms with Crippen LogP contribution in [0.1, 0.15) is 5.56 Å². The third-order valence-corrected chi connectivity index (χ3v) is 3.15. The summed E-state index contributed by atoms with van der Waals surface area (Å²) in [5.74, 6) is -0.144. The zero-order chi connectivity index (χ0) is 13.0. The quantitative estimate of drug-likeness (QED) is 0.937.